The Bertz CT molecular complexity index is 629. The van der Waals surface area contributed by atoms with E-state index >= 15 is 0 Å². The summed E-state index contributed by atoms with van der Waals surface area (Å²) in [6, 6.07) is 0. The minimum atomic E-state index is -0.535. The third-order valence-electron chi connectivity index (χ3n) is 5.88. The molecule has 0 spiro atoms. The molecule has 0 unspecified atom stereocenters. The van der Waals surface area contributed by atoms with Crippen molar-refractivity contribution in [3.63, 3.8) is 0 Å². The van der Waals surface area contributed by atoms with E-state index in [0.29, 0.717) is 24.8 Å². The first-order chi connectivity index (χ1) is 12.8. The first-order valence-corrected chi connectivity index (χ1v) is 9.89. The van der Waals surface area contributed by atoms with Crippen molar-refractivity contribution in [1.29, 1.82) is 0 Å². The average Bonchev–Trinajstić information content (AvgIpc) is 3.13. The van der Waals surface area contributed by atoms with Crippen LogP contribution in [0, 0.1) is 35.5 Å². The summed E-state index contributed by atoms with van der Waals surface area (Å²) in [4.78, 5) is 13.2. The molecule has 0 bridgehead atoms. The van der Waals surface area contributed by atoms with E-state index in [2.05, 4.69) is 17.2 Å². The van der Waals surface area contributed by atoms with Crippen LogP contribution in [0.4, 0.5) is 0 Å². The van der Waals surface area contributed by atoms with Crippen LogP contribution in [0.2, 0.25) is 0 Å². The first kappa shape index (κ1) is 21.5. The number of amides is 1. The molecule has 1 amide bonds. The number of aliphatic hydroxyl groups excluding tert-OH is 2. The molecule has 0 saturated heterocycles. The van der Waals surface area contributed by atoms with E-state index in [4.69, 9.17) is 0 Å². The summed E-state index contributed by atoms with van der Waals surface area (Å²) in [5, 5.41) is 23.9. The summed E-state index contributed by atoms with van der Waals surface area (Å²) in [5.41, 5.74) is 1.31. The Hall–Kier alpha value is -1.77. The molecule has 3 N–H and O–H groups in total. The number of allylic oxidation sites excluding steroid dienone is 1. The second kappa shape index (κ2) is 9.96. The zero-order valence-electron chi connectivity index (χ0n) is 17.0. The van der Waals surface area contributed by atoms with Crippen LogP contribution in [-0.4, -0.2) is 53.9 Å². The van der Waals surface area contributed by atoms with E-state index in [1.807, 2.05) is 25.3 Å². The number of likely N-dealkylation sites (N-methyl/N-ethyl adjacent to an activating group) is 1. The molecule has 0 aromatic rings. The summed E-state index contributed by atoms with van der Waals surface area (Å²) in [7, 11) is 3.50. The lowest BCUT2D eigenvalue weighted by Gasteiger charge is -2.19. The van der Waals surface area contributed by atoms with Crippen LogP contribution in [0.1, 0.15) is 39.5 Å². The molecule has 5 nitrogen and oxygen atoms in total. The minimum absolute atomic E-state index is 0.0529. The Morgan fingerprint density at radius 3 is 2.81 bits per heavy atom. The number of nitrogens with zero attached hydrogens (tertiary/aromatic N) is 1. The summed E-state index contributed by atoms with van der Waals surface area (Å²) >= 11 is 0. The summed E-state index contributed by atoms with van der Waals surface area (Å²) in [6.45, 7) is 4.10. The van der Waals surface area contributed by atoms with Gasteiger partial charge in [0.05, 0.1) is 18.8 Å². The molecule has 2 rings (SSSR count). The maximum Gasteiger partial charge on any atom is 0.241 e. The Morgan fingerprint density at radius 2 is 2.15 bits per heavy atom. The van der Waals surface area contributed by atoms with Crippen molar-refractivity contribution in [2.24, 2.45) is 23.7 Å². The predicted octanol–water partition coefficient (Wildman–Crippen LogP) is 1.92. The second-order valence-corrected chi connectivity index (χ2v) is 8.17. The van der Waals surface area contributed by atoms with Gasteiger partial charge in [-0.15, -0.1) is 11.8 Å². The van der Waals surface area contributed by atoms with Crippen LogP contribution in [0.5, 0.6) is 0 Å². The molecule has 6 atom stereocenters. The number of nitrogens with one attached hydrogen (secondary N) is 1. The fraction of sp³-hybridized carbons (Fsp3) is 0.682. The predicted molar refractivity (Wildman–Crippen MR) is 107 cm³/mol. The van der Waals surface area contributed by atoms with E-state index in [1.165, 1.54) is 5.57 Å². The normalized spacial score (nSPS) is 30.7. The van der Waals surface area contributed by atoms with Gasteiger partial charge < -0.3 is 20.4 Å². The van der Waals surface area contributed by atoms with Crippen molar-refractivity contribution in [3.05, 3.63) is 23.9 Å². The van der Waals surface area contributed by atoms with Gasteiger partial charge in [0.25, 0.3) is 0 Å². The zero-order chi connectivity index (χ0) is 20.0. The van der Waals surface area contributed by atoms with Gasteiger partial charge in [0.2, 0.25) is 5.91 Å². The molecule has 0 heterocycles. The van der Waals surface area contributed by atoms with Gasteiger partial charge in [0.15, 0.2) is 0 Å². The van der Waals surface area contributed by atoms with Crippen LogP contribution in [0.25, 0.3) is 0 Å². The van der Waals surface area contributed by atoms with E-state index in [1.54, 1.807) is 25.9 Å². The lowest BCUT2D eigenvalue weighted by molar-refractivity contribution is -0.127. The van der Waals surface area contributed by atoms with Crippen molar-refractivity contribution in [1.82, 2.24) is 10.2 Å². The molecule has 2 saturated carbocycles. The van der Waals surface area contributed by atoms with Gasteiger partial charge in [-0.2, -0.15) is 0 Å². The van der Waals surface area contributed by atoms with E-state index in [0.717, 1.165) is 19.3 Å². The third-order valence-corrected chi connectivity index (χ3v) is 5.88. The lowest BCUT2D eigenvalue weighted by Crippen LogP contribution is -2.30. The lowest BCUT2D eigenvalue weighted by atomic mass is 9.89. The third kappa shape index (κ3) is 5.85. The maximum absolute atomic E-state index is 11.6. The van der Waals surface area contributed by atoms with Crippen molar-refractivity contribution < 1.29 is 15.0 Å². The number of fused-ring (bicyclic) bond motifs is 1. The van der Waals surface area contributed by atoms with Crippen molar-refractivity contribution in [2.45, 2.75) is 51.7 Å². The van der Waals surface area contributed by atoms with Crippen LogP contribution < -0.4 is 5.32 Å². The fourth-order valence-corrected chi connectivity index (χ4v) is 4.15. The Morgan fingerprint density at radius 1 is 1.41 bits per heavy atom. The highest BCUT2D eigenvalue weighted by molar-refractivity contribution is 5.77. The first-order valence-electron chi connectivity index (χ1n) is 9.89. The number of carbonyl (C=O) groups is 1. The zero-order valence-corrected chi connectivity index (χ0v) is 17.0. The number of hydrogen-bond donors (Lipinski definition) is 3. The van der Waals surface area contributed by atoms with Gasteiger partial charge in [-0.1, -0.05) is 24.6 Å². The van der Waals surface area contributed by atoms with Crippen LogP contribution >= 0.6 is 0 Å². The van der Waals surface area contributed by atoms with Gasteiger partial charge in [-0.05, 0) is 50.1 Å². The molecular formula is C22H34N2O3. The summed E-state index contributed by atoms with van der Waals surface area (Å²) < 4.78 is 0. The fourth-order valence-electron chi connectivity index (χ4n) is 4.15. The Balaban J connectivity index is 1.91. The topological polar surface area (TPSA) is 72.8 Å². The van der Waals surface area contributed by atoms with Crippen LogP contribution in [0.3, 0.4) is 0 Å². The quantitative estimate of drug-likeness (QED) is 0.470. The Labute approximate surface area is 163 Å². The molecule has 2 aliphatic rings. The molecule has 2 aliphatic carbocycles. The molecular weight excluding hydrogens is 340 g/mol. The average molecular weight is 375 g/mol. The monoisotopic (exact) mass is 374 g/mol. The van der Waals surface area contributed by atoms with Crippen molar-refractivity contribution >= 4 is 5.91 Å². The minimum Gasteiger partial charge on any atom is -0.392 e. The van der Waals surface area contributed by atoms with Gasteiger partial charge in [-0.3, -0.25) is 4.79 Å². The largest absolute Gasteiger partial charge is 0.392 e. The van der Waals surface area contributed by atoms with Gasteiger partial charge >= 0.3 is 0 Å². The van der Waals surface area contributed by atoms with Gasteiger partial charge in [0.1, 0.15) is 0 Å². The van der Waals surface area contributed by atoms with Gasteiger partial charge in [-0.25, -0.2) is 0 Å². The molecule has 0 aromatic carbocycles. The highest BCUT2D eigenvalue weighted by Gasteiger charge is 2.45. The maximum atomic E-state index is 11.6. The SMILES string of the molecule is CC#CC[C@@H](C)[C@H](O)C=C[C@@H]1[C@H]2CC(=CNCC(=O)N(C)C)C[C@H]2C[C@H]1O. The standard InChI is InChI=1S/C22H34N2O3/c1-5-6-7-15(2)20(25)9-8-18-19-11-16(10-17(19)12-21(18)26)13-23-14-22(27)24(3)4/h8-9,13,15,17-21,23,25-26H,7,10-12,14H2,1-4H3/t15-,17+,18-,19+,20-,21-/m1/s1. The molecule has 5 heteroatoms. The van der Waals surface area contributed by atoms with E-state index < -0.39 is 6.10 Å². The molecule has 0 aliphatic heterocycles. The highest BCUT2D eigenvalue weighted by Crippen LogP contribution is 2.50. The molecule has 0 radical (unpaired) electrons. The van der Waals surface area contributed by atoms with Crippen molar-refractivity contribution in [3.8, 4) is 11.8 Å². The summed E-state index contributed by atoms with van der Waals surface area (Å²) in [6.07, 6.45) is 8.36. The molecule has 27 heavy (non-hydrogen) atoms. The number of hydrogen-bond acceptors (Lipinski definition) is 4. The number of rotatable bonds is 7. The number of aliphatic hydroxyl groups is 2. The Kier molecular flexibility index (Phi) is 7.94. The van der Waals surface area contributed by atoms with Crippen molar-refractivity contribution in [2.75, 3.05) is 20.6 Å². The molecule has 150 valence electrons. The molecule has 0 aromatic heterocycles. The van der Waals surface area contributed by atoms with Crippen LogP contribution in [0.15, 0.2) is 23.9 Å². The number of carbonyl (C=O) groups excluding carboxylic acids is 1. The van der Waals surface area contributed by atoms with E-state index in [-0.39, 0.29) is 23.8 Å². The van der Waals surface area contributed by atoms with E-state index in [9.17, 15) is 15.0 Å². The summed E-state index contributed by atoms with van der Waals surface area (Å²) in [5.74, 6) is 6.98. The second-order valence-electron chi connectivity index (χ2n) is 8.17. The van der Waals surface area contributed by atoms with Gasteiger partial charge in [0, 0.05) is 26.4 Å². The van der Waals surface area contributed by atoms with Crippen LogP contribution in [-0.2, 0) is 4.79 Å². The highest BCUT2D eigenvalue weighted by atomic mass is 16.3. The smallest absolute Gasteiger partial charge is 0.241 e. The molecule has 2 fully saturated rings.